The van der Waals surface area contributed by atoms with Crippen molar-refractivity contribution in [3.05, 3.63) is 193 Å². The molecule has 0 radical (unpaired) electrons. The Morgan fingerprint density at radius 1 is 0.321 bits per heavy atom. The Hall–Kier alpha value is -8.06. The minimum atomic E-state index is 0.608. The zero-order valence-electron chi connectivity index (χ0n) is 29.9. The highest BCUT2D eigenvalue weighted by atomic mass is 16.3. The first kappa shape index (κ1) is 32.6. The summed E-state index contributed by atoms with van der Waals surface area (Å²) in [5, 5.41) is 23.2. The molecule has 0 aliphatic carbocycles. The number of para-hydroxylation sites is 2. The molecule has 262 valence electrons. The van der Waals surface area contributed by atoms with Gasteiger partial charge in [-0.05, 0) is 132 Å². The number of nitrogens with zero attached hydrogens (tertiary/aromatic N) is 4. The summed E-state index contributed by atoms with van der Waals surface area (Å²) in [6.45, 7) is 0. The number of hydrogen-bond donors (Lipinski definition) is 0. The number of furan rings is 2. The third kappa shape index (κ3) is 5.67. The van der Waals surface area contributed by atoms with Crippen LogP contribution in [0.1, 0.15) is 11.1 Å². The van der Waals surface area contributed by atoms with Gasteiger partial charge in [0, 0.05) is 55.7 Å². The third-order valence-corrected chi connectivity index (χ3v) is 10.3. The number of hydrogen-bond acceptors (Lipinski definition) is 6. The second kappa shape index (κ2) is 13.4. The minimum Gasteiger partial charge on any atom is -0.456 e. The molecule has 0 N–H and O–H groups in total. The van der Waals surface area contributed by atoms with E-state index in [2.05, 4.69) is 107 Å². The molecule has 2 heterocycles. The molecule has 0 saturated carbocycles. The van der Waals surface area contributed by atoms with Gasteiger partial charge in [-0.2, -0.15) is 10.5 Å². The maximum Gasteiger partial charge on any atom is 0.135 e. The molecule has 0 aliphatic heterocycles. The van der Waals surface area contributed by atoms with E-state index < -0.39 is 0 Å². The molecule has 0 atom stereocenters. The van der Waals surface area contributed by atoms with Crippen LogP contribution in [0.25, 0.3) is 55.0 Å². The van der Waals surface area contributed by atoms with E-state index >= 15 is 0 Å². The van der Waals surface area contributed by atoms with Gasteiger partial charge in [0.15, 0.2) is 0 Å². The summed E-state index contributed by atoms with van der Waals surface area (Å²) in [6, 6.07) is 65.6. The molecule has 6 heteroatoms. The molecule has 0 spiro atoms. The van der Waals surface area contributed by atoms with E-state index in [0.717, 1.165) is 89.1 Å². The highest BCUT2D eigenvalue weighted by Gasteiger charge is 2.18. The molecule has 0 aliphatic rings. The highest BCUT2D eigenvalue weighted by molar-refractivity contribution is 6.07. The second-order valence-corrected chi connectivity index (χ2v) is 13.6. The molecule has 0 amide bonds. The van der Waals surface area contributed by atoms with Crippen molar-refractivity contribution in [3.8, 4) is 23.3 Å². The Labute approximate surface area is 322 Å². The van der Waals surface area contributed by atoms with E-state index in [4.69, 9.17) is 8.83 Å². The lowest BCUT2D eigenvalue weighted by atomic mass is 10.0. The van der Waals surface area contributed by atoms with Crippen molar-refractivity contribution < 1.29 is 8.83 Å². The minimum absolute atomic E-state index is 0.608. The van der Waals surface area contributed by atoms with Gasteiger partial charge in [-0.3, -0.25) is 0 Å². The van der Waals surface area contributed by atoms with Crippen molar-refractivity contribution in [3.63, 3.8) is 0 Å². The Morgan fingerprint density at radius 3 is 1.02 bits per heavy atom. The van der Waals surface area contributed by atoms with Crippen molar-refractivity contribution in [2.75, 3.05) is 9.80 Å². The van der Waals surface area contributed by atoms with Crippen LogP contribution in [0.5, 0.6) is 0 Å². The van der Waals surface area contributed by atoms with Crippen LogP contribution in [0.4, 0.5) is 34.1 Å². The monoisotopic (exact) mass is 718 g/mol. The third-order valence-electron chi connectivity index (χ3n) is 10.3. The van der Waals surface area contributed by atoms with Crippen molar-refractivity contribution >= 4 is 78.0 Å². The van der Waals surface area contributed by atoms with Crippen LogP contribution in [0.2, 0.25) is 0 Å². The van der Waals surface area contributed by atoms with Gasteiger partial charge in [0.1, 0.15) is 22.3 Å². The van der Waals surface area contributed by atoms with Crippen LogP contribution < -0.4 is 9.80 Å². The molecule has 0 unspecified atom stereocenters. The van der Waals surface area contributed by atoms with E-state index in [0.29, 0.717) is 11.1 Å². The molecule has 10 aromatic rings. The van der Waals surface area contributed by atoms with E-state index in [1.165, 1.54) is 0 Å². The zero-order valence-corrected chi connectivity index (χ0v) is 29.9. The van der Waals surface area contributed by atoms with Gasteiger partial charge in [0.05, 0.1) is 23.3 Å². The number of rotatable bonds is 7. The summed E-state index contributed by atoms with van der Waals surface area (Å²) in [5.41, 5.74) is 12.6. The number of anilines is 6. The normalized spacial score (nSPS) is 11.2. The number of nitriles is 2. The van der Waals surface area contributed by atoms with Crippen molar-refractivity contribution in [2.45, 2.75) is 0 Å². The molecule has 6 nitrogen and oxygen atoms in total. The molecule has 0 bridgehead atoms. The molecule has 8 aromatic carbocycles. The molecule has 2 aromatic heterocycles. The van der Waals surface area contributed by atoms with Crippen LogP contribution in [0.15, 0.2) is 191 Å². The zero-order chi connectivity index (χ0) is 37.6. The summed E-state index contributed by atoms with van der Waals surface area (Å²) >= 11 is 0. The van der Waals surface area contributed by atoms with Gasteiger partial charge in [-0.25, -0.2) is 0 Å². The van der Waals surface area contributed by atoms with Gasteiger partial charge >= 0.3 is 0 Å². The Kier molecular flexibility index (Phi) is 7.80. The van der Waals surface area contributed by atoms with Gasteiger partial charge in [0.25, 0.3) is 0 Å². The fourth-order valence-corrected chi connectivity index (χ4v) is 7.58. The first-order valence-corrected chi connectivity index (χ1v) is 18.3. The first-order chi connectivity index (χ1) is 27.6. The Bertz CT molecular complexity index is 2930. The van der Waals surface area contributed by atoms with Crippen LogP contribution in [0, 0.1) is 22.7 Å². The average molecular weight is 719 g/mol. The quantitative estimate of drug-likeness (QED) is 0.163. The summed E-state index contributed by atoms with van der Waals surface area (Å²) in [4.78, 5) is 4.40. The fourth-order valence-electron chi connectivity index (χ4n) is 7.58. The first-order valence-electron chi connectivity index (χ1n) is 18.3. The lowest BCUT2D eigenvalue weighted by Gasteiger charge is -2.26. The van der Waals surface area contributed by atoms with Gasteiger partial charge in [-0.1, -0.05) is 60.7 Å². The summed E-state index contributed by atoms with van der Waals surface area (Å²) < 4.78 is 12.3. The predicted molar refractivity (Wildman–Crippen MR) is 225 cm³/mol. The highest BCUT2D eigenvalue weighted by Crippen LogP contribution is 2.41. The van der Waals surface area contributed by atoms with Crippen LogP contribution in [0.3, 0.4) is 0 Å². The lowest BCUT2D eigenvalue weighted by Crippen LogP contribution is -2.10. The van der Waals surface area contributed by atoms with Crippen molar-refractivity contribution in [2.24, 2.45) is 0 Å². The Balaban J connectivity index is 1.01. The standard InChI is InChI=1S/C50H30N4O2/c51-31-33-9-17-37(18-10-33)53(41-25-27-49-45(29-41)43-5-1-3-7-47(43)55-49)39-21-13-35(14-22-39)36-15-23-40(24-16-36)54(38-19-11-34(32-52)12-20-38)42-26-28-50-46(30-42)44-6-2-4-8-48(44)56-50/h1-30H. The predicted octanol–water partition coefficient (Wildman–Crippen LogP) is 13.8. The summed E-state index contributed by atoms with van der Waals surface area (Å²) in [5.74, 6) is 0. The second-order valence-electron chi connectivity index (χ2n) is 13.6. The molecular formula is C50H30N4O2. The van der Waals surface area contributed by atoms with Gasteiger partial charge < -0.3 is 18.6 Å². The number of fused-ring (bicyclic) bond motifs is 6. The largest absolute Gasteiger partial charge is 0.456 e. The van der Waals surface area contributed by atoms with Crippen molar-refractivity contribution in [1.29, 1.82) is 10.5 Å². The van der Waals surface area contributed by atoms with Gasteiger partial charge in [-0.15, -0.1) is 0 Å². The molecular weight excluding hydrogens is 689 g/mol. The van der Waals surface area contributed by atoms with E-state index in [-0.39, 0.29) is 0 Å². The molecule has 10 rings (SSSR count). The van der Waals surface area contributed by atoms with E-state index in [1.807, 2.05) is 97.1 Å². The van der Waals surface area contributed by atoms with Crippen molar-refractivity contribution in [1.82, 2.24) is 0 Å². The Morgan fingerprint density at radius 2 is 0.643 bits per heavy atom. The molecule has 0 saturated heterocycles. The van der Waals surface area contributed by atoms with Crippen LogP contribution in [-0.2, 0) is 0 Å². The summed E-state index contributed by atoms with van der Waals surface area (Å²) in [6.07, 6.45) is 0. The topological polar surface area (TPSA) is 80.3 Å². The van der Waals surface area contributed by atoms with Gasteiger partial charge in [0.2, 0.25) is 0 Å². The lowest BCUT2D eigenvalue weighted by molar-refractivity contribution is 0.668. The average Bonchev–Trinajstić information content (AvgIpc) is 3.83. The molecule has 0 fully saturated rings. The number of benzene rings is 8. The summed E-state index contributed by atoms with van der Waals surface area (Å²) in [7, 11) is 0. The van der Waals surface area contributed by atoms with E-state index in [1.54, 1.807) is 0 Å². The van der Waals surface area contributed by atoms with Crippen LogP contribution in [-0.4, -0.2) is 0 Å². The van der Waals surface area contributed by atoms with E-state index in [9.17, 15) is 10.5 Å². The molecule has 56 heavy (non-hydrogen) atoms. The maximum absolute atomic E-state index is 9.49. The smallest absolute Gasteiger partial charge is 0.135 e. The van der Waals surface area contributed by atoms with Crippen LogP contribution >= 0.6 is 0 Å². The SMILES string of the molecule is N#Cc1ccc(N(c2ccc(-c3ccc(N(c4ccc(C#N)cc4)c4ccc5oc6ccccc6c5c4)cc3)cc2)c2ccc3oc4ccccc4c3c2)cc1. The fraction of sp³-hybridized carbons (Fsp3) is 0. The maximum atomic E-state index is 9.49.